The van der Waals surface area contributed by atoms with E-state index < -0.39 is 0 Å². The Morgan fingerprint density at radius 3 is 2.53 bits per heavy atom. The second-order valence-corrected chi connectivity index (χ2v) is 7.10. The van der Waals surface area contributed by atoms with Gasteiger partial charge < -0.3 is 5.73 Å². The molecule has 0 amide bonds. The topological polar surface area (TPSA) is 26.0 Å². The molecule has 2 bridgehead atoms. The van der Waals surface area contributed by atoms with Gasteiger partial charge in [0.25, 0.3) is 0 Å². The average Bonchev–Trinajstić information content (AvgIpc) is 2.93. The third-order valence-corrected chi connectivity index (χ3v) is 5.13. The van der Waals surface area contributed by atoms with Crippen LogP contribution in [0.3, 0.4) is 0 Å². The number of fused-ring (bicyclic) bond motifs is 2. The van der Waals surface area contributed by atoms with Crippen molar-refractivity contribution >= 4 is 0 Å². The fraction of sp³-hybridized carbons (Fsp3) is 0.647. The van der Waals surface area contributed by atoms with Gasteiger partial charge in [-0.15, -0.1) is 0 Å². The third kappa shape index (κ3) is 3.00. The minimum absolute atomic E-state index is 0.160. The minimum atomic E-state index is -0.171. The average molecular weight is 261 g/mol. The van der Waals surface area contributed by atoms with E-state index in [-0.39, 0.29) is 11.4 Å². The van der Waals surface area contributed by atoms with Crippen molar-refractivity contribution < 1.29 is 4.39 Å². The van der Waals surface area contributed by atoms with E-state index in [9.17, 15) is 4.39 Å². The first-order chi connectivity index (χ1) is 9.02. The summed E-state index contributed by atoms with van der Waals surface area (Å²) in [4.78, 5) is 0. The number of benzene rings is 1. The molecule has 0 heterocycles. The summed E-state index contributed by atoms with van der Waals surface area (Å²) in [6, 6.07) is 6.79. The standard InChI is InChI=1S/C17H24FN/c1-17(19,10-12-3-6-16(18)7-4-12)11-15-9-13-2-5-14(15)8-13/h3-4,6-7,13-15H,2,5,8-11,19H2,1H3. The molecule has 1 nitrogen and oxygen atoms in total. The van der Waals surface area contributed by atoms with Crippen LogP contribution in [0, 0.1) is 23.6 Å². The van der Waals surface area contributed by atoms with E-state index in [1.807, 2.05) is 12.1 Å². The van der Waals surface area contributed by atoms with Crippen molar-refractivity contribution in [2.45, 2.75) is 51.0 Å². The first-order valence-electron chi connectivity index (χ1n) is 7.55. The van der Waals surface area contributed by atoms with Crippen molar-refractivity contribution in [3.05, 3.63) is 35.6 Å². The molecule has 4 atom stereocenters. The van der Waals surface area contributed by atoms with Crippen molar-refractivity contribution in [3.8, 4) is 0 Å². The molecule has 0 spiro atoms. The molecule has 2 N–H and O–H groups in total. The van der Waals surface area contributed by atoms with Crippen molar-refractivity contribution in [1.29, 1.82) is 0 Å². The summed E-state index contributed by atoms with van der Waals surface area (Å²) in [5.41, 5.74) is 7.49. The molecule has 19 heavy (non-hydrogen) atoms. The Morgan fingerprint density at radius 2 is 1.95 bits per heavy atom. The maximum Gasteiger partial charge on any atom is 0.123 e. The van der Waals surface area contributed by atoms with Gasteiger partial charge in [0.15, 0.2) is 0 Å². The summed E-state index contributed by atoms with van der Waals surface area (Å²) in [7, 11) is 0. The molecule has 104 valence electrons. The third-order valence-electron chi connectivity index (χ3n) is 5.13. The van der Waals surface area contributed by atoms with Crippen molar-refractivity contribution in [1.82, 2.24) is 0 Å². The quantitative estimate of drug-likeness (QED) is 0.873. The van der Waals surface area contributed by atoms with Crippen LogP contribution in [-0.2, 0) is 6.42 Å². The number of hydrogen-bond acceptors (Lipinski definition) is 1. The number of hydrogen-bond donors (Lipinski definition) is 1. The maximum absolute atomic E-state index is 12.9. The number of rotatable bonds is 4. The van der Waals surface area contributed by atoms with Gasteiger partial charge in [-0.05, 0) is 74.5 Å². The molecule has 0 saturated heterocycles. The smallest absolute Gasteiger partial charge is 0.123 e. The lowest BCUT2D eigenvalue weighted by molar-refractivity contribution is 0.250. The molecule has 2 aliphatic rings. The van der Waals surface area contributed by atoms with Crippen molar-refractivity contribution in [3.63, 3.8) is 0 Å². The van der Waals surface area contributed by atoms with Gasteiger partial charge in [0.1, 0.15) is 5.82 Å². The minimum Gasteiger partial charge on any atom is -0.325 e. The summed E-state index contributed by atoms with van der Waals surface area (Å²) in [5, 5.41) is 0. The lowest BCUT2D eigenvalue weighted by atomic mass is 9.77. The fourth-order valence-electron chi connectivity index (χ4n) is 4.37. The molecular weight excluding hydrogens is 237 g/mol. The molecule has 1 aromatic carbocycles. The monoisotopic (exact) mass is 261 g/mol. The second-order valence-electron chi connectivity index (χ2n) is 7.10. The van der Waals surface area contributed by atoms with Crippen LogP contribution in [0.2, 0.25) is 0 Å². The van der Waals surface area contributed by atoms with E-state index in [0.717, 1.165) is 36.2 Å². The molecule has 3 rings (SSSR count). The normalized spacial score (nSPS) is 32.5. The molecular formula is C17H24FN. The molecule has 1 aromatic rings. The van der Waals surface area contributed by atoms with Gasteiger partial charge in [0.2, 0.25) is 0 Å². The zero-order valence-electron chi connectivity index (χ0n) is 11.7. The number of nitrogens with two attached hydrogens (primary N) is 1. The molecule has 2 heteroatoms. The molecule has 4 unspecified atom stereocenters. The van der Waals surface area contributed by atoms with Crippen molar-refractivity contribution in [2.75, 3.05) is 0 Å². The Morgan fingerprint density at radius 1 is 1.21 bits per heavy atom. The zero-order chi connectivity index (χ0) is 13.5. The van der Waals surface area contributed by atoms with Crippen LogP contribution in [-0.4, -0.2) is 5.54 Å². The van der Waals surface area contributed by atoms with Gasteiger partial charge >= 0.3 is 0 Å². The Balaban J connectivity index is 1.61. The van der Waals surface area contributed by atoms with E-state index >= 15 is 0 Å². The Hall–Kier alpha value is -0.890. The first-order valence-corrected chi connectivity index (χ1v) is 7.55. The first kappa shape index (κ1) is 13.1. The maximum atomic E-state index is 12.9. The fourth-order valence-corrected chi connectivity index (χ4v) is 4.37. The van der Waals surface area contributed by atoms with Gasteiger partial charge in [0.05, 0.1) is 0 Å². The van der Waals surface area contributed by atoms with Crippen LogP contribution in [0.4, 0.5) is 4.39 Å². The highest BCUT2D eigenvalue weighted by atomic mass is 19.1. The van der Waals surface area contributed by atoms with Gasteiger partial charge in [-0.25, -0.2) is 4.39 Å². The summed E-state index contributed by atoms with van der Waals surface area (Å²) in [6.07, 6.45) is 7.66. The van der Waals surface area contributed by atoms with Crippen LogP contribution in [0.5, 0.6) is 0 Å². The van der Waals surface area contributed by atoms with Crippen LogP contribution >= 0.6 is 0 Å². The highest BCUT2D eigenvalue weighted by Gasteiger charge is 2.41. The highest BCUT2D eigenvalue weighted by Crippen LogP contribution is 2.50. The highest BCUT2D eigenvalue weighted by molar-refractivity contribution is 5.18. The van der Waals surface area contributed by atoms with Crippen LogP contribution in [0.15, 0.2) is 24.3 Å². The largest absolute Gasteiger partial charge is 0.325 e. The second kappa shape index (κ2) is 4.90. The molecule has 2 fully saturated rings. The van der Waals surface area contributed by atoms with Crippen LogP contribution < -0.4 is 5.73 Å². The van der Waals surface area contributed by atoms with Gasteiger partial charge in [-0.1, -0.05) is 18.6 Å². The van der Waals surface area contributed by atoms with E-state index in [4.69, 9.17) is 5.73 Å². The molecule has 0 radical (unpaired) electrons. The van der Waals surface area contributed by atoms with E-state index in [1.165, 1.54) is 37.8 Å². The Kier molecular flexibility index (Phi) is 3.38. The van der Waals surface area contributed by atoms with Gasteiger partial charge in [-0.3, -0.25) is 0 Å². The molecule has 2 aliphatic carbocycles. The number of halogens is 1. The molecule has 0 aliphatic heterocycles. The Labute approximate surface area is 115 Å². The predicted molar refractivity (Wildman–Crippen MR) is 76.3 cm³/mol. The van der Waals surface area contributed by atoms with E-state index in [2.05, 4.69) is 6.92 Å². The summed E-state index contributed by atoms with van der Waals surface area (Å²) in [5.74, 6) is 2.57. The lowest BCUT2D eigenvalue weighted by Gasteiger charge is -2.32. The van der Waals surface area contributed by atoms with Gasteiger partial charge in [0, 0.05) is 5.54 Å². The van der Waals surface area contributed by atoms with Crippen LogP contribution in [0.1, 0.15) is 44.6 Å². The van der Waals surface area contributed by atoms with E-state index in [1.54, 1.807) is 0 Å². The summed E-state index contributed by atoms with van der Waals surface area (Å²) >= 11 is 0. The SMILES string of the molecule is CC(N)(Cc1ccc(F)cc1)CC1CC2CCC1C2. The summed E-state index contributed by atoms with van der Waals surface area (Å²) in [6.45, 7) is 2.16. The van der Waals surface area contributed by atoms with E-state index in [0.29, 0.717) is 0 Å². The predicted octanol–water partition coefficient (Wildman–Crippen LogP) is 3.91. The zero-order valence-corrected chi connectivity index (χ0v) is 11.7. The van der Waals surface area contributed by atoms with Crippen LogP contribution in [0.25, 0.3) is 0 Å². The Bertz CT molecular complexity index is 437. The lowest BCUT2D eigenvalue weighted by Crippen LogP contribution is -2.41. The summed E-state index contributed by atoms with van der Waals surface area (Å²) < 4.78 is 12.9. The van der Waals surface area contributed by atoms with Gasteiger partial charge in [-0.2, -0.15) is 0 Å². The van der Waals surface area contributed by atoms with Crippen molar-refractivity contribution in [2.24, 2.45) is 23.5 Å². The molecule has 0 aromatic heterocycles. The molecule has 2 saturated carbocycles.